The van der Waals surface area contributed by atoms with Crippen molar-refractivity contribution in [1.29, 1.82) is 0 Å². The molecule has 0 heterocycles. The number of ketones is 1. The third-order valence-electron chi connectivity index (χ3n) is 1.73. The molecule has 0 saturated heterocycles. The zero-order chi connectivity index (χ0) is 11.3. The van der Waals surface area contributed by atoms with E-state index < -0.39 is 0 Å². The number of benzene rings is 1. The van der Waals surface area contributed by atoms with E-state index in [1.165, 1.54) is 0 Å². The number of hydrogen-bond acceptors (Lipinski definition) is 2. The summed E-state index contributed by atoms with van der Waals surface area (Å²) in [6, 6.07) is 6.94. The first kappa shape index (κ1) is 12.2. The van der Waals surface area contributed by atoms with Gasteiger partial charge in [-0.2, -0.15) is 0 Å². The van der Waals surface area contributed by atoms with Crippen LogP contribution in [0.2, 0.25) is 0 Å². The highest BCUT2D eigenvalue weighted by Gasteiger charge is 2.06. The number of Topliss-reactive ketones (excluding diaryl/α,β-unsaturated/α-hetero) is 1. The van der Waals surface area contributed by atoms with Crippen molar-refractivity contribution in [2.45, 2.75) is 0 Å². The molecule has 0 aromatic heterocycles. The molecule has 1 N–H and O–H groups in total. The van der Waals surface area contributed by atoms with Gasteiger partial charge < -0.3 is 5.32 Å². The fraction of sp³-hybridized carbons (Fsp3) is 0.200. The summed E-state index contributed by atoms with van der Waals surface area (Å²) in [5.74, 6) is -0.615. The predicted molar refractivity (Wildman–Crippen MR) is 62.2 cm³/mol. The van der Waals surface area contributed by atoms with Crippen LogP contribution in [-0.4, -0.2) is 24.1 Å². The molecule has 3 nitrogen and oxygen atoms in total. The Morgan fingerprint density at radius 1 is 1.27 bits per heavy atom. The zero-order valence-electron chi connectivity index (χ0n) is 7.80. The van der Waals surface area contributed by atoms with Crippen LogP contribution in [0.1, 0.15) is 10.4 Å². The molecule has 1 aromatic carbocycles. The first-order chi connectivity index (χ1) is 7.13. The van der Waals surface area contributed by atoms with Crippen LogP contribution in [0.4, 0.5) is 0 Å². The number of alkyl halides is 1. The van der Waals surface area contributed by atoms with E-state index in [2.05, 4.69) is 21.2 Å². The fourth-order valence-corrected chi connectivity index (χ4v) is 1.32. The maximum Gasteiger partial charge on any atom is 0.235 e. The van der Waals surface area contributed by atoms with Crippen molar-refractivity contribution in [3.05, 3.63) is 34.3 Å². The molecule has 0 fully saturated rings. The molecule has 0 unspecified atom stereocenters. The number of amides is 1. The van der Waals surface area contributed by atoms with Crippen LogP contribution in [0, 0.1) is 0 Å². The number of nitrogens with one attached hydrogen (secondary N) is 1. The predicted octanol–water partition coefficient (Wildman–Crippen LogP) is 1.99. The van der Waals surface area contributed by atoms with E-state index in [0.717, 1.165) is 4.47 Å². The molecule has 0 bridgehead atoms. The third kappa shape index (κ3) is 4.01. The van der Waals surface area contributed by atoms with Gasteiger partial charge in [0.15, 0.2) is 5.78 Å². The maximum atomic E-state index is 11.5. The molecule has 0 atom stereocenters. The van der Waals surface area contributed by atoms with E-state index in [9.17, 15) is 9.59 Å². The van der Waals surface area contributed by atoms with E-state index in [1.54, 1.807) is 24.3 Å². The molecular formula is C10H9BrClNO2. The molecular weight excluding hydrogens is 281 g/mol. The average molecular weight is 291 g/mol. The number of rotatable bonds is 4. The zero-order valence-corrected chi connectivity index (χ0v) is 10.1. The van der Waals surface area contributed by atoms with Gasteiger partial charge in [-0.1, -0.05) is 28.1 Å². The second-order valence-corrected chi connectivity index (χ2v) is 4.02. The monoisotopic (exact) mass is 289 g/mol. The first-order valence-corrected chi connectivity index (χ1v) is 5.57. The van der Waals surface area contributed by atoms with Crippen LogP contribution < -0.4 is 5.32 Å². The van der Waals surface area contributed by atoms with Gasteiger partial charge in [-0.05, 0) is 12.1 Å². The summed E-state index contributed by atoms with van der Waals surface area (Å²) in [6.45, 7) is -0.0206. The van der Waals surface area contributed by atoms with Crippen molar-refractivity contribution in [1.82, 2.24) is 5.32 Å². The van der Waals surface area contributed by atoms with Crippen molar-refractivity contribution in [2.75, 3.05) is 12.4 Å². The van der Waals surface area contributed by atoms with Crippen LogP contribution in [-0.2, 0) is 4.79 Å². The van der Waals surface area contributed by atoms with E-state index in [-0.39, 0.29) is 24.1 Å². The SMILES string of the molecule is O=C(CCl)NCC(=O)c1ccc(Br)cc1. The number of hydrogen-bond donors (Lipinski definition) is 1. The molecule has 0 aliphatic carbocycles. The van der Waals surface area contributed by atoms with Gasteiger partial charge in [-0.15, -0.1) is 11.6 Å². The largest absolute Gasteiger partial charge is 0.348 e. The Hall–Kier alpha value is -0.870. The lowest BCUT2D eigenvalue weighted by Gasteiger charge is -2.02. The number of carbonyl (C=O) groups excluding carboxylic acids is 2. The summed E-state index contributed by atoms with van der Waals surface area (Å²) in [5.41, 5.74) is 0.563. The molecule has 5 heteroatoms. The highest BCUT2D eigenvalue weighted by atomic mass is 79.9. The molecule has 1 aromatic rings. The summed E-state index contributed by atoms with van der Waals surface area (Å²) < 4.78 is 0.906. The molecule has 0 aliphatic heterocycles. The maximum absolute atomic E-state index is 11.5. The van der Waals surface area contributed by atoms with Gasteiger partial charge in [0.2, 0.25) is 5.91 Å². The minimum atomic E-state index is -0.345. The molecule has 80 valence electrons. The van der Waals surface area contributed by atoms with Gasteiger partial charge in [0, 0.05) is 10.0 Å². The van der Waals surface area contributed by atoms with E-state index in [4.69, 9.17) is 11.6 Å². The van der Waals surface area contributed by atoms with Crippen molar-refractivity contribution >= 4 is 39.2 Å². The van der Waals surface area contributed by atoms with Crippen LogP contribution in [0.3, 0.4) is 0 Å². The van der Waals surface area contributed by atoms with Gasteiger partial charge in [-0.25, -0.2) is 0 Å². The van der Waals surface area contributed by atoms with Gasteiger partial charge in [0.1, 0.15) is 5.88 Å². The Bertz CT molecular complexity index is 364. The van der Waals surface area contributed by atoms with Crippen molar-refractivity contribution in [3.8, 4) is 0 Å². The Morgan fingerprint density at radius 2 is 1.87 bits per heavy atom. The van der Waals surface area contributed by atoms with Crippen LogP contribution in [0.25, 0.3) is 0 Å². The van der Waals surface area contributed by atoms with Crippen LogP contribution in [0.5, 0.6) is 0 Å². The summed E-state index contributed by atoms with van der Waals surface area (Å²) in [4.78, 5) is 22.3. The van der Waals surface area contributed by atoms with Crippen molar-refractivity contribution in [3.63, 3.8) is 0 Å². The summed E-state index contributed by atoms with van der Waals surface area (Å²) in [7, 11) is 0. The van der Waals surface area contributed by atoms with E-state index >= 15 is 0 Å². The van der Waals surface area contributed by atoms with Gasteiger partial charge in [-0.3, -0.25) is 9.59 Å². The van der Waals surface area contributed by atoms with Crippen molar-refractivity contribution in [2.24, 2.45) is 0 Å². The third-order valence-corrected chi connectivity index (χ3v) is 2.51. The van der Waals surface area contributed by atoms with Gasteiger partial charge in [0.05, 0.1) is 6.54 Å². The smallest absolute Gasteiger partial charge is 0.235 e. The quantitative estimate of drug-likeness (QED) is 0.681. The molecule has 1 rings (SSSR count). The van der Waals surface area contributed by atoms with Gasteiger partial charge >= 0.3 is 0 Å². The minimum Gasteiger partial charge on any atom is -0.348 e. The summed E-state index contributed by atoms with van der Waals surface area (Å²) in [6.07, 6.45) is 0. The van der Waals surface area contributed by atoms with Crippen molar-refractivity contribution < 1.29 is 9.59 Å². The van der Waals surface area contributed by atoms with E-state index in [1.807, 2.05) is 0 Å². The summed E-state index contributed by atoms with van der Waals surface area (Å²) in [5, 5.41) is 2.41. The molecule has 0 radical (unpaired) electrons. The normalized spacial score (nSPS) is 9.73. The lowest BCUT2D eigenvalue weighted by molar-refractivity contribution is -0.118. The Balaban J connectivity index is 2.54. The molecule has 0 spiro atoms. The van der Waals surface area contributed by atoms with E-state index in [0.29, 0.717) is 5.56 Å². The average Bonchev–Trinajstić information content (AvgIpc) is 2.26. The number of carbonyl (C=O) groups is 2. The molecule has 0 aliphatic rings. The summed E-state index contributed by atoms with van der Waals surface area (Å²) >= 11 is 8.54. The van der Waals surface area contributed by atoms with Gasteiger partial charge in [0.25, 0.3) is 0 Å². The molecule has 1 amide bonds. The minimum absolute atomic E-state index is 0.0206. The standard InChI is InChI=1S/C10H9BrClNO2/c11-8-3-1-7(2-4-8)9(14)6-13-10(15)5-12/h1-4H,5-6H2,(H,13,15). The first-order valence-electron chi connectivity index (χ1n) is 4.25. The lowest BCUT2D eigenvalue weighted by atomic mass is 10.1. The lowest BCUT2D eigenvalue weighted by Crippen LogP contribution is -2.30. The number of halogens is 2. The Kier molecular flexibility index (Phi) is 4.78. The molecule has 15 heavy (non-hydrogen) atoms. The topological polar surface area (TPSA) is 46.2 Å². The highest BCUT2D eigenvalue weighted by molar-refractivity contribution is 9.10. The van der Waals surface area contributed by atoms with Crippen LogP contribution >= 0.6 is 27.5 Å². The second kappa shape index (κ2) is 5.88. The Labute approximate surface area is 101 Å². The van der Waals surface area contributed by atoms with Crippen LogP contribution in [0.15, 0.2) is 28.7 Å². The second-order valence-electron chi connectivity index (χ2n) is 2.84. The molecule has 0 saturated carbocycles. The Morgan fingerprint density at radius 3 is 2.40 bits per heavy atom. The highest BCUT2D eigenvalue weighted by Crippen LogP contribution is 2.10. The fourth-order valence-electron chi connectivity index (χ4n) is 0.964.